The minimum Gasteiger partial charge on any atom is -0.268 e. The Balaban J connectivity index is 0.00000144. The van der Waals surface area contributed by atoms with E-state index in [1.807, 2.05) is 13.8 Å². The standard InChI is InChI=1S/C7H11N3O2.CH4/c1-5(2)7-6(10(11)12)4-9(3)8-7;/h4-5H,1-3H3;1H4. The van der Waals surface area contributed by atoms with Crippen molar-refractivity contribution in [2.24, 2.45) is 7.05 Å². The SMILES string of the molecule is C.CC(C)c1nn(C)cc1[N+](=O)[O-]. The lowest BCUT2D eigenvalue weighted by Crippen LogP contribution is -1.95. The van der Waals surface area contributed by atoms with Crippen LogP contribution >= 0.6 is 0 Å². The van der Waals surface area contributed by atoms with Gasteiger partial charge in [-0.3, -0.25) is 14.8 Å². The van der Waals surface area contributed by atoms with E-state index in [9.17, 15) is 10.1 Å². The largest absolute Gasteiger partial charge is 0.310 e. The first kappa shape index (κ1) is 11.6. The fourth-order valence-electron chi connectivity index (χ4n) is 1.05. The predicted octanol–water partition coefficient (Wildman–Crippen LogP) is 2.09. The summed E-state index contributed by atoms with van der Waals surface area (Å²) in [4.78, 5) is 10.1. The van der Waals surface area contributed by atoms with Crippen molar-refractivity contribution in [3.8, 4) is 0 Å². The Kier molecular flexibility index (Phi) is 3.59. The molecule has 0 unspecified atom stereocenters. The first-order valence-electron chi connectivity index (χ1n) is 3.70. The molecule has 1 rings (SSSR count). The van der Waals surface area contributed by atoms with Crippen LogP contribution in [0.4, 0.5) is 5.69 Å². The molecule has 1 aromatic rings. The highest BCUT2D eigenvalue weighted by Gasteiger charge is 2.20. The molecule has 1 heterocycles. The molecule has 0 aliphatic heterocycles. The van der Waals surface area contributed by atoms with Crippen LogP contribution < -0.4 is 0 Å². The topological polar surface area (TPSA) is 61.0 Å². The summed E-state index contributed by atoms with van der Waals surface area (Å²) in [6, 6.07) is 0. The Bertz CT molecular complexity index is 304. The average molecular weight is 185 g/mol. The lowest BCUT2D eigenvalue weighted by Gasteiger charge is -1.97. The van der Waals surface area contributed by atoms with Crippen molar-refractivity contribution in [3.05, 3.63) is 22.0 Å². The van der Waals surface area contributed by atoms with E-state index >= 15 is 0 Å². The summed E-state index contributed by atoms with van der Waals surface area (Å²) in [6.45, 7) is 3.77. The Morgan fingerprint density at radius 3 is 2.46 bits per heavy atom. The Hall–Kier alpha value is -1.39. The second kappa shape index (κ2) is 4.02. The molecule has 0 bridgehead atoms. The summed E-state index contributed by atoms with van der Waals surface area (Å²) < 4.78 is 1.47. The molecule has 0 aliphatic carbocycles. The van der Waals surface area contributed by atoms with Gasteiger partial charge in [0.15, 0.2) is 0 Å². The smallest absolute Gasteiger partial charge is 0.268 e. The third kappa shape index (κ3) is 2.27. The van der Waals surface area contributed by atoms with Crippen LogP contribution in [0, 0.1) is 10.1 Å². The van der Waals surface area contributed by atoms with Gasteiger partial charge in [-0.25, -0.2) is 0 Å². The molecule has 0 aromatic carbocycles. The maximum absolute atomic E-state index is 10.5. The molecule has 0 saturated heterocycles. The van der Waals surface area contributed by atoms with Gasteiger partial charge in [0, 0.05) is 13.0 Å². The minimum absolute atomic E-state index is 0. The molecule has 13 heavy (non-hydrogen) atoms. The molecule has 0 spiro atoms. The van der Waals surface area contributed by atoms with E-state index in [1.165, 1.54) is 10.9 Å². The Labute approximate surface area is 77.5 Å². The summed E-state index contributed by atoms with van der Waals surface area (Å²) in [6.07, 6.45) is 1.43. The van der Waals surface area contributed by atoms with Gasteiger partial charge in [-0.15, -0.1) is 0 Å². The summed E-state index contributed by atoms with van der Waals surface area (Å²) >= 11 is 0. The van der Waals surface area contributed by atoms with Gasteiger partial charge in [-0.2, -0.15) is 5.10 Å². The quantitative estimate of drug-likeness (QED) is 0.523. The third-order valence-corrected chi connectivity index (χ3v) is 1.58. The molecular weight excluding hydrogens is 170 g/mol. The first-order chi connectivity index (χ1) is 5.52. The van der Waals surface area contributed by atoms with Crippen LogP contribution in [-0.4, -0.2) is 14.7 Å². The summed E-state index contributed by atoms with van der Waals surface area (Å²) in [5.74, 6) is 0.0894. The Morgan fingerprint density at radius 1 is 1.62 bits per heavy atom. The van der Waals surface area contributed by atoms with Crippen molar-refractivity contribution in [1.82, 2.24) is 9.78 Å². The van der Waals surface area contributed by atoms with Crippen LogP contribution in [0.15, 0.2) is 6.20 Å². The van der Waals surface area contributed by atoms with Crippen molar-refractivity contribution < 1.29 is 4.92 Å². The molecule has 0 aliphatic rings. The molecule has 5 nitrogen and oxygen atoms in total. The lowest BCUT2D eigenvalue weighted by atomic mass is 10.1. The molecule has 5 heteroatoms. The number of aryl methyl sites for hydroxylation is 1. The maximum Gasteiger partial charge on any atom is 0.310 e. The van der Waals surface area contributed by atoms with Crippen LogP contribution in [0.5, 0.6) is 0 Å². The number of nitrogens with zero attached hydrogens (tertiary/aromatic N) is 3. The van der Waals surface area contributed by atoms with E-state index in [-0.39, 0.29) is 19.0 Å². The monoisotopic (exact) mass is 185 g/mol. The predicted molar refractivity (Wildman–Crippen MR) is 50.7 cm³/mol. The molecule has 74 valence electrons. The van der Waals surface area contributed by atoms with E-state index in [0.29, 0.717) is 5.69 Å². The van der Waals surface area contributed by atoms with Gasteiger partial charge in [-0.05, 0) is 0 Å². The highest BCUT2D eigenvalue weighted by molar-refractivity contribution is 5.34. The number of rotatable bonds is 2. The summed E-state index contributed by atoms with van der Waals surface area (Å²) in [5, 5.41) is 14.5. The van der Waals surface area contributed by atoms with Gasteiger partial charge in [0.25, 0.3) is 0 Å². The van der Waals surface area contributed by atoms with E-state index in [1.54, 1.807) is 7.05 Å². The molecule has 0 atom stereocenters. The van der Waals surface area contributed by atoms with Gasteiger partial charge < -0.3 is 0 Å². The van der Waals surface area contributed by atoms with E-state index < -0.39 is 4.92 Å². The fraction of sp³-hybridized carbons (Fsp3) is 0.625. The lowest BCUT2D eigenvalue weighted by molar-refractivity contribution is -0.385. The van der Waals surface area contributed by atoms with Crippen LogP contribution in [-0.2, 0) is 7.05 Å². The minimum atomic E-state index is -0.400. The number of hydrogen-bond donors (Lipinski definition) is 0. The maximum atomic E-state index is 10.5. The molecule has 0 amide bonds. The summed E-state index contributed by atoms with van der Waals surface area (Å²) in [7, 11) is 1.68. The average Bonchev–Trinajstić information content (AvgIpc) is 2.31. The van der Waals surface area contributed by atoms with Gasteiger partial charge in [0.1, 0.15) is 11.9 Å². The number of aromatic nitrogens is 2. The van der Waals surface area contributed by atoms with Crippen LogP contribution in [0.1, 0.15) is 32.9 Å². The zero-order valence-corrected chi connectivity index (χ0v) is 7.31. The molecule has 0 fully saturated rings. The summed E-state index contributed by atoms with van der Waals surface area (Å²) in [5.41, 5.74) is 0.648. The third-order valence-electron chi connectivity index (χ3n) is 1.58. The van der Waals surface area contributed by atoms with Gasteiger partial charge in [0.05, 0.1) is 4.92 Å². The van der Waals surface area contributed by atoms with Crippen molar-refractivity contribution in [1.29, 1.82) is 0 Å². The van der Waals surface area contributed by atoms with E-state index in [4.69, 9.17) is 0 Å². The van der Waals surface area contributed by atoms with Gasteiger partial charge in [0.2, 0.25) is 0 Å². The van der Waals surface area contributed by atoms with Gasteiger partial charge in [-0.1, -0.05) is 21.3 Å². The zero-order valence-electron chi connectivity index (χ0n) is 7.31. The zero-order chi connectivity index (χ0) is 9.30. The first-order valence-corrected chi connectivity index (χ1v) is 3.70. The Morgan fingerprint density at radius 2 is 2.15 bits per heavy atom. The van der Waals surface area contributed by atoms with Gasteiger partial charge >= 0.3 is 5.69 Å². The highest BCUT2D eigenvalue weighted by Crippen LogP contribution is 2.23. The van der Waals surface area contributed by atoms with Crippen LogP contribution in [0.25, 0.3) is 0 Å². The second-order valence-electron chi connectivity index (χ2n) is 2.99. The molecule has 1 aromatic heterocycles. The molecular formula is C8H15N3O2. The number of hydrogen-bond acceptors (Lipinski definition) is 3. The highest BCUT2D eigenvalue weighted by atomic mass is 16.6. The molecule has 0 radical (unpaired) electrons. The molecule has 0 N–H and O–H groups in total. The van der Waals surface area contributed by atoms with Crippen molar-refractivity contribution >= 4 is 5.69 Å². The number of nitro groups is 1. The normalized spacial score (nSPS) is 9.85. The van der Waals surface area contributed by atoms with Crippen molar-refractivity contribution in [2.75, 3.05) is 0 Å². The second-order valence-corrected chi connectivity index (χ2v) is 2.99. The van der Waals surface area contributed by atoms with E-state index in [2.05, 4.69) is 5.10 Å². The van der Waals surface area contributed by atoms with Crippen molar-refractivity contribution in [3.63, 3.8) is 0 Å². The van der Waals surface area contributed by atoms with Crippen LogP contribution in [0.2, 0.25) is 0 Å². The van der Waals surface area contributed by atoms with E-state index in [0.717, 1.165) is 0 Å². The fourth-order valence-corrected chi connectivity index (χ4v) is 1.05. The molecule has 0 saturated carbocycles. The van der Waals surface area contributed by atoms with Crippen LogP contribution in [0.3, 0.4) is 0 Å². The van der Waals surface area contributed by atoms with Crippen molar-refractivity contribution in [2.45, 2.75) is 27.2 Å².